The fourth-order valence-electron chi connectivity index (χ4n) is 2.97. The molecule has 0 bridgehead atoms. The highest BCUT2D eigenvalue weighted by Gasteiger charge is 2.27. The van der Waals surface area contributed by atoms with Crippen molar-refractivity contribution in [1.82, 2.24) is 9.88 Å². The van der Waals surface area contributed by atoms with Crippen LogP contribution in [0.5, 0.6) is 5.75 Å². The number of urea groups is 1. The Morgan fingerprint density at radius 2 is 1.77 bits per heavy atom. The first-order valence-electron chi connectivity index (χ1n) is 8.57. The molecule has 1 fully saturated rings. The van der Waals surface area contributed by atoms with Crippen molar-refractivity contribution in [2.75, 3.05) is 30.8 Å². The summed E-state index contributed by atoms with van der Waals surface area (Å²) in [4.78, 5) is 30.5. The standard InChI is InChI=1S/C19H22N4O3/c1-26-17-5-3-2-4-16(17)22-18(24)14-8-12-23(13-9-14)19(25)21-15-6-10-20-11-7-15/h2-7,10-11,14H,8-9,12-13H2,1H3,(H,22,24)(H,20,21,25). The van der Waals surface area contributed by atoms with Crippen molar-refractivity contribution >= 4 is 23.3 Å². The predicted octanol–water partition coefficient (Wildman–Crippen LogP) is 2.97. The molecule has 136 valence electrons. The molecule has 0 aliphatic carbocycles. The molecule has 0 spiro atoms. The zero-order valence-corrected chi connectivity index (χ0v) is 14.6. The third-order valence-corrected chi connectivity index (χ3v) is 4.45. The molecule has 7 nitrogen and oxygen atoms in total. The molecule has 1 aliphatic rings. The van der Waals surface area contributed by atoms with Gasteiger partial charge in [-0.2, -0.15) is 0 Å². The number of nitrogens with one attached hydrogen (secondary N) is 2. The average molecular weight is 354 g/mol. The number of benzene rings is 1. The van der Waals surface area contributed by atoms with Crippen molar-refractivity contribution < 1.29 is 14.3 Å². The highest BCUT2D eigenvalue weighted by Crippen LogP contribution is 2.26. The number of piperidine rings is 1. The second-order valence-electron chi connectivity index (χ2n) is 6.12. The second kappa shape index (κ2) is 8.33. The summed E-state index contributed by atoms with van der Waals surface area (Å²) in [5.74, 6) is 0.476. The van der Waals surface area contributed by atoms with Gasteiger partial charge < -0.3 is 20.3 Å². The summed E-state index contributed by atoms with van der Waals surface area (Å²) in [5, 5.41) is 5.77. The minimum Gasteiger partial charge on any atom is -0.495 e. The van der Waals surface area contributed by atoms with Gasteiger partial charge in [-0.05, 0) is 37.1 Å². The number of methoxy groups -OCH3 is 1. The topological polar surface area (TPSA) is 83.6 Å². The molecule has 7 heteroatoms. The number of amides is 3. The number of rotatable bonds is 4. The van der Waals surface area contributed by atoms with E-state index in [2.05, 4.69) is 15.6 Å². The van der Waals surface area contributed by atoms with Gasteiger partial charge in [0.1, 0.15) is 5.75 Å². The van der Waals surface area contributed by atoms with Crippen LogP contribution in [0.15, 0.2) is 48.8 Å². The van der Waals surface area contributed by atoms with Crippen molar-refractivity contribution in [2.24, 2.45) is 5.92 Å². The van der Waals surface area contributed by atoms with Crippen LogP contribution >= 0.6 is 0 Å². The lowest BCUT2D eigenvalue weighted by molar-refractivity contribution is -0.121. The number of pyridine rings is 1. The maximum absolute atomic E-state index is 12.5. The summed E-state index contributed by atoms with van der Waals surface area (Å²) in [6.07, 6.45) is 4.52. The van der Waals surface area contributed by atoms with Gasteiger partial charge in [-0.3, -0.25) is 9.78 Å². The summed E-state index contributed by atoms with van der Waals surface area (Å²) in [6, 6.07) is 10.7. The monoisotopic (exact) mass is 354 g/mol. The first-order valence-corrected chi connectivity index (χ1v) is 8.57. The number of hydrogen-bond acceptors (Lipinski definition) is 4. The molecule has 2 heterocycles. The van der Waals surface area contributed by atoms with E-state index in [1.807, 2.05) is 24.3 Å². The van der Waals surface area contributed by atoms with Gasteiger partial charge in [-0.15, -0.1) is 0 Å². The molecule has 0 unspecified atom stereocenters. The lowest BCUT2D eigenvalue weighted by Gasteiger charge is -2.31. The molecule has 2 aromatic rings. The summed E-state index contributed by atoms with van der Waals surface area (Å²) in [6.45, 7) is 1.09. The van der Waals surface area contributed by atoms with Crippen LogP contribution in [0.25, 0.3) is 0 Å². The molecule has 3 rings (SSSR count). The van der Waals surface area contributed by atoms with Crippen LogP contribution in [0, 0.1) is 5.92 Å². The minimum absolute atomic E-state index is 0.0382. The number of aromatic nitrogens is 1. The molecule has 26 heavy (non-hydrogen) atoms. The zero-order valence-electron chi connectivity index (χ0n) is 14.6. The molecule has 1 aromatic heterocycles. The van der Waals surface area contributed by atoms with Crippen molar-refractivity contribution in [3.05, 3.63) is 48.8 Å². The summed E-state index contributed by atoms with van der Waals surface area (Å²) < 4.78 is 5.26. The molecule has 0 atom stereocenters. The molecule has 0 saturated carbocycles. The van der Waals surface area contributed by atoms with E-state index in [1.165, 1.54) is 0 Å². The predicted molar refractivity (Wildman–Crippen MR) is 99.2 cm³/mol. The Morgan fingerprint density at radius 3 is 2.46 bits per heavy atom. The molecule has 1 aliphatic heterocycles. The summed E-state index contributed by atoms with van der Waals surface area (Å²) >= 11 is 0. The Labute approximate surface area is 152 Å². The van der Waals surface area contributed by atoms with Crippen LogP contribution in [0.4, 0.5) is 16.2 Å². The smallest absolute Gasteiger partial charge is 0.321 e. The van der Waals surface area contributed by atoms with E-state index in [9.17, 15) is 9.59 Å². The Kier molecular flexibility index (Phi) is 5.68. The van der Waals surface area contributed by atoms with Crippen LogP contribution in [0.2, 0.25) is 0 Å². The Balaban J connectivity index is 1.51. The lowest BCUT2D eigenvalue weighted by atomic mass is 9.96. The van der Waals surface area contributed by atoms with E-state index in [4.69, 9.17) is 4.74 Å². The number of para-hydroxylation sites is 2. The first-order chi connectivity index (χ1) is 12.7. The fourth-order valence-corrected chi connectivity index (χ4v) is 2.97. The SMILES string of the molecule is COc1ccccc1NC(=O)C1CCN(C(=O)Nc2ccncc2)CC1. The highest BCUT2D eigenvalue weighted by atomic mass is 16.5. The van der Waals surface area contributed by atoms with E-state index in [1.54, 1.807) is 36.5 Å². The third-order valence-electron chi connectivity index (χ3n) is 4.45. The van der Waals surface area contributed by atoms with Crippen LogP contribution in [-0.2, 0) is 4.79 Å². The maximum atomic E-state index is 12.5. The quantitative estimate of drug-likeness (QED) is 0.884. The summed E-state index contributed by atoms with van der Waals surface area (Å²) in [7, 11) is 1.57. The number of hydrogen-bond donors (Lipinski definition) is 2. The van der Waals surface area contributed by atoms with Gasteiger partial charge in [0.25, 0.3) is 0 Å². The van der Waals surface area contributed by atoms with Crippen LogP contribution in [0.1, 0.15) is 12.8 Å². The maximum Gasteiger partial charge on any atom is 0.321 e. The molecular weight excluding hydrogens is 332 g/mol. The molecule has 1 aromatic carbocycles. The van der Waals surface area contributed by atoms with Crippen molar-refractivity contribution in [3.63, 3.8) is 0 Å². The largest absolute Gasteiger partial charge is 0.495 e. The van der Waals surface area contributed by atoms with E-state index < -0.39 is 0 Å². The lowest BCUT2D eigenvalue weighted by Crippen LogP contribution is -2.43. The molecule has 3 amide bonds. The second-order valence-corrected chi connectivity index (χ2v) is 6.12. The number of nitrogens with zero attached hydrogens (tertiary/aromatic N) is 2. The number of ether oxygens (including phenoxy) is 1. The van der Waals surface area contributed by atoms with Crippen LogP contribution < -0.4 is 15.4 Å². The van der Waals surface area contributed by atoms with Crippen LogP contribution in [0.3, 0.4) is 0 Å². The van der Waals surface area contributed by atoms with Gasteiger partial charge >= 0.3 is 6.03 Å². The fraction of sp³-hybridized carbons (Fsp3) is 0.316. The van der Waals surface area contributed by atoms with Crippen molar-refractivity contribution in [3.8, 4) is 5.75 Å². The van der Waals surface area contributed by atoms with Crippen molar-refractivity contribution in [1.29, 1.82) is 0 Å². The van der Waals surface area contributed by atoms with Crippen LogP contribution in [-0.4, -0.2) is 42.0 Å². The third kappa shape index (κ3) is 4.30. The Hall–Kier alpha value is -3.09. The molecule has 0 radical (unpaired) electrons. The first kappa shape index (κ1) is 17.7. The molecule has 1 saturated heterocycles. The van der Waals surface area contributed by atoms with Gasteiger partial charge in [-0.1, -0.05) is 12.1 Å². The van der Waals surface area contributed by atoms with Gasteiger partial charge in [0.2, 0.25) is 5.91 Å². The van der Waals surface area contributed by atoms with Gasteiger partial charge in [-0.25, -0.2) is 4.79 Å². The number of likely N-dealkylation sites (tertiary alicyclic amines) is 1. The van der Waals surface area contributed by atoms with Gasteiger partial charge in [0.15, 0.2) is 0 Å². The number of anilines is 2. The van der Waals surface area contributed by atoms with E-state index >= 15 is 0 Å². The van der Waals surface area contributed by atoms with E-state index in [0.717, 1.165) is 0 Å². The van der Waals surface area contributed by atoms with E-state index in [0.29, 0.717) is 43.1 Å². The van der Waals surface area contributed by atoms with Gasteiger partial charge in [0.05, 0.1) is 12.8 Å². The zero-order chi connectivity index (χ0) is 18.4. The average Bonchev–Trinajstić information content (AvgIpc) is 2.69. The summed E-state index contributed by atoms with van der Waals surface area (Å²) in [5.41, 5.74) is 1.37. The number of carbonyl (C=O) groups is 2. The van der Waals surface area contributed by atoms with Crippen molar-refractivity contribution in [2.45, 2.75) is 12.8 Å². The molecular formula is C19H22N4O3. The number of carbonyl (C=O) groups excluding carboxylic acids is 2. The highest BCUT2D eigenvalue weighted by molar-refractivity contribution is 5.94. The Bertz CT molecular complexity index is 758. The normalized spacial score (nSPS) is 14.6. The van der Waals surface area contributed by atoms with E-state index in [-0.39, 0.29) is 17.9 Å². The van der Waals surface area contributed by atoms with Gasteiger partial charge in [0, 0.05) is 37.1 Å². The molecule has 2 N–H and O–H groups in total. The Morgan fingerprint density at radius 1 is 1.08 bits per heavy atom. The minimum atomic E-state index is -0.153.